The molecule has 1 atom stereocenters. The van der Waals surface area contributed by atoms with E-state index < -0.39 is 0 Å². The number of hydrogen-bond acceptors (Lipinski definition) is 3. The quantitative estimate of drug-likeness (QED) is 0.805. The summed E-state index contributed by atoms with van der Waals surface area (Å²) in [6, 6.07) is 6.03. The van der Waals surface area contributed by atoms with Crippen LogP contribution in [0.15, 0.2) is 34.0 Å². The van der Waals surface area contributed by atoms with Gasteiger partial charge in [-0.15, -0.1) is 0 Å². The lowest BCUT2D eigenvalue weighted by molar-refractivity contribution is 0.474. The maximum absolute atomic E-state index is 14.1. The van der Waals surface area contributed by atoms with Crippen LogP contribution in [-0.2, 0) is 5.41 Å². The Balaban J connectivity index is 2.13. The maximum Gasteiger partial charge on any atom is 0.164 e. The van der Waals surface area contributed by atoms with E-state index in [0.29, 0.717) is 12.4 Å². The molecule has 0 saturated carbocycles. The molecule has 0 saturated heterocycles. The molecule has 2 aliphatic heterocycles. The van der Waals surface area contributed by atoms with E-state index in [9.17, 15) is 4.39 Å². The highest BCUT2D eigenvalue weighted by atomic mass is 19.1. The van der Waals surface area contributed by atoms with Crippen LogP contribution < -0.4 is 0 Å². The zero-order chi connectivity index (χ0) is 15.2. The summed E-state index contributed by atoms with van der Waals surface area (Å²) < 4.78 is 14.1. The predicted octanol–water partition coefficient (Wildman–Crippen LogP) is 4.07. The first kappa shape index (κ1) is 14.0. The molecule has 110 valence electrons. The van der Waals surface area contributed by atoms with E-state index in [1.165, 1.54) is 11.8 Å². The summed E-state index contributed by atoms with van der Waals surface area (Å²) in [7, 11) is 1.86. The third-order valence-electron chi connectivity index (χ3n) is 4.76. The highest BCUT2D eigenvalue weighted by molar-refractivity contribution is 6.00. The second kappa shape index (κ2) is 4.79. The molecule has 0 radical (unpaired) electrons. The molecule has 1 unspecified atom stereocenters. The molecule has 21 heavy (non-hydrogen) atoms. The Morgan fingerprint density at radius 1 is 1.38 bits per heavy atom. The lowest BCUT2D eigenvalue weighted by Crippen LogP contribution is -2.27. The average Bonchev–Trinajstić information content (AvgIpc) is 2.71. The van der Waals surface area contributed by atoms with Gasteiger partial charge in [0, 0.05) is 23.7 Å². The molecule has 0 aromatic heterocycles. The summed E-state index contributed by atoms with van der Waals surface area (Å²) in [6.07, 6.45) is 2.29. The van der Waals surface area contributed by atoms with Gasteiger partial charge in [0.15, 0.2) is 5.83 Å². The first-order chi connectivity index (χ1) is 9.97. The zero-order valence-corrected chi connectivity index (χ0v) is 12.9. The molecular weight excluding hydrogens is 265 g/mol. The third kappa shape index (κ3) is 2.01. The minimum Gasteiger partial charge on any atom is -0.352 e. The second-order valence-electron chi connectivity index (χ2n) is 5.96. The van der Waals surface area contributed by atoms with E-state index in [0.717, 1.165) is 23.4 Å². The third-order valence-corrected chi connectivity index (χ3v) is 4.76. The van der Waals surface area contributed by atoms with Crippen molar-refractivity contribution in [3.63, 3.8) is 0 Å². The van der Waals surface area contributed by atoms with Gasteiger partial charge in [0.05, 0.1) is 17.6 Å². The molecule has 3 rings (SSSR count). The van der Waals surface area contributed by atoms with E-state index in [1.54, 1.807) is 0 Å². The van der Waals surface area contributed by atoms with Crippen molar-refractivity contribution in [2.45, 2.75) is 32.6 Å². The lowest BCUT2D eigenvalue weighted by atomic mass is 9.77. The lowest BCUT2D eigenvalue weighted by Gasteiger charge is -2.27. The highest BCUT2D eigenvalue weighted by Crippen LogP contribution is 2.43. The van der Waals surface area contributed by atoms with E-state index in [2.05, 4.69) is 36.8 Å². The maximum atomic E-state index is 14.1. The Morgan fingerprint density at radius 3 is 2.81 bits per heavy atom. The molecule has 4 heteroatoms. The van der Waals surface area contributed by atoms with Crippen LogP contribution in [0.2, 0.25) is 0 Å². The normalized spacial score (nSPS) is 24.4. The van der Waals surface area contributed by atoms with Crippen molar-refractivity contribution in [2.75, 3.05) is 13.7 Å². The summed E-state index contributed by atoms with van der Waals surface area (Å²) in [4.78, 5) is 10.5. The van der Waals surface area contributed by atoms with E-state index >= 15 is 0 Å². The van der Waals surface area contributed by atoms with Crippen LogP contribution >= 0.6 is 0 Å². The molecular formula is C17H20FN3. The number of aliphatic imine (C=N–C) groups is 2. The number of nitrogens with zero attached hydrogens (tertiary/aromatic N) is 3. The molecule has 2 aliphatic rings. The number of allylic oxidation sites excluding steroid dienone is 1. The molecule has 0 spiro atoms. The largest absolute Gasteiger partial charge is 0.352 e. The zero-order valence-electron chi connectivity index (χ0n) is 12.9. The first-order valence-electron chi connectivity index (χ1n) is 7.29. The molecule has 0 N–H and O–H groups in total. The van der Waals surface area contributed by atoms with Crippen molar-refractivity contribution in [1.29, 1.82) is 0 Å². The van der Waals surface area contributed by atoms with Crippen LogP contribution in [0.1, 0.15) is 38.3 Å². The predicted molar refractivity (Wildman–Crippen MR) is 86.0 cm³/mol. The Bertz CT molecular complexity index is 687. The van der Waals surface area contributed by atoms with Gasteiger partial charge in [0.25, 0.3) is 0 Å². The van der Waals surface area contributed by atoms with Gasteiger partial charge in [-0.05, 0) is 31.0 Å². The Hall–Kier alpha value is -1.97. The Labute approximate surface area is 124 Å². The van der Waals surface area contributed by atoms with Gasteiger partial charge in [0.1, 0.15) is 6.67 Å². The smallest absolute Gasteiger partial charge is 0.164 e. The molecule has 2 heterocycles. The van der Waals surface area contributed by atoms with E-state index in [1.807, 2.05) is 24.1 Å². The Morgan fingerprint density at radius 2 is 2.14 bits per heavy atom. The van der Waals surface area contributed by atoms with Gasteiger partial charge >= 0.3 is 0 Å². The van der Waals surface area contributed by atoms with Crippen molar-refractivity contribution in [1.82, 2.24) is 4.90 Å². The molecule has 0 bridgehead atoms. The molecule has 1 aromatic rings. The summed E-state index contributed by atoms with van der Waals surface area (Å²) in [5, 5.41) is 0. The van der Waals surface area contributed by atoms with Crippen molar-refractivity contribution in [3.8, 4) is 0 Å². The van der Waals surface area contributed by atoms with E-state index in [4.69, 9.17) is 0 Å². The van der Waals surface area contributed by atoms with Gasteiger partial charge in [0.2, 0.25) is 0 Å². The average molecular weight is 285 g/mol. The molecule has 3 nitrogen and oxygen atoms in total. The fourth-order valence-corrected chi connectivity index (χ4v) is 3.08. The number of hydrogen-bond donors (Lipinski definition) is 0. The number of fused-ring (bicyclic) bond motifs is 1. The Kier molecular flexibility index (Phi) is 3.19. The highest BCUT2D eigenvalue weighted by Gasteiger charge is 2.35. The van der Waals surface area contributed by atoms with Crippen LogP contribution in [0.25, 0.3) is 5.70 Å². The number of rotatable bonds is 2. The van der Waals surface area contributed by atoms with Crippen LogP contribution in [0.3, 0.4) is 0 Å². The van der Waals surface area contributed by atoms with Gasteiger partial charge in [-0.2, -0.15) is 0 Å². The molecule has 0 fully saturated rings. The molecule has 0 amide bonds. The van der Waals surface area contributed by atoms with Crippen LogP contribution in [0, 0.1) is 0 Å². The molecule has 1 aromatic carbocycles. The first-order valence-corrected chi connectivity index (χ1v) is 7.29. The standard InChI is InChI=1S/C17H20FN3/c1-5-17(3)11(2)20-15-7-6-12(8-13(15)17)16-14(18)9-19-10-21(16)4/h6-9H,5,10H2,1-4H3. The summed E-state index contributed by atoms with van der Waals surface area (Å²) in [5.74, 6) is -0.280. The fraction of sp³-hybridized carbons (Fsp3) is 0.412. The van der Waals surface area contributed by atoms with Crippen LogP contribution in [0.5, 0.6) is 0 Å². The number of halogens is 1. The fourth-order valence-electron chi connectivity index (χ4n) is 3.08. The topological polar surface area (TPSA) is 28.0 Å². The van der Waals surface area contributed by atoms with Crippen molar-refractivity contribution < 1.29 is 4.39 Å². The van der Waals surface area contributed by atoms with Gasteiger partial charge in [-0.25, -0.2) is 4.39 Å². The van der Waals surface area contributed by atoms with E-state index in [-0.39, 0.29) is 11.2 Å². The van der Waals surface area contributed by atoms with Gasteiger partial charge in [-0.3, -0.25) is 9.98 Å². The van der Waals surface area contributed by atoms with Gasteiger partial charge < -0.3 is 4.90 Å². The van der Waals surface area contributed by atoms with Crippen molar-refractivity contribution in [3.05, 3.63) is 35.2 Å². The summed E-state index contributed by atoms with van der Waals surface area (Å²) in [6.45, 7) is 6.93. The summed E-state index contributed by atoms with van der Waals surface area (Å²) >= 11 is 0. The molecule has 0 aliphatic carbocycles. The van der Waals surface area contributed by atoms with Crippen molar-refractivity contribution >= 4 is 23.3 Å². The minimum atomic E-state index is -0.280. The SMILES string of the molecule is CCC1(C)C(C)=Nc2ccc(C3=C(F)C=NCN3C)cc21. The van der Waals surface area contributed by atoms with Crippen molar-refractivity contribution in [2.24, 2.45) is 9.98 Å². The minimum absolute atomic E-state index is 0.0519. The number of benzene rings is 1. The summed E-state index contributed by atoms with van der Waals surface area (Å²) in [5.41, 5.74) is 4.78. The second-order valence-corrected chi connectivity index (χ2v) is 5.96. The monoisotopic (exact) mass is 285 g/mol. The van der Waals surface area contributed by atoms with Gasteiger partial charge in [-0.1, -0.05) is 19.9 Å². The van der Waals surface area contributed by atoms with Crippen LogP contribution in [0.4, 0.5) is 10.1 Å². The van der Waals surface area contributed by atoms with Crippen LogP contribution in [-0.4, -0.2) is 30.5 Å².